The molecular weight excluding hydrogens is 326 g/mol. The Bertz CT molecular complexity index is 704. The number of nitrogens with zero attached hydrogens (tertiary/aromatic N) is 1. The molecule has 2 rings (SSSR count). The molecule has 0 saturated carbocycles. The number of ether oxygens (including phenoxy) is 2. The molecule has 0 aliphatic rings. The summed E-state index contributed by atoms with van der Waals surface area (Å²) in [6, 6.07) is 13.5. The van der Waals surface area contributed by atoms with Crippen LogP contribution in [0.1, 0.15) is 11.1 Å². The molecular formula is C18H22ClN3O2. The number of halogens is 1. The summed E-state index contributed by atoms with van der Waals surface area (Å²) >= 11 is 5.96. The van der Waals surface area contributed by atoms with Crippen molar-refractivity contribution in [2.24, 2.45) is 10.7 Å². The van der Waals surface area contributed by atoms with Crippen LogP contribution < -0.4 is 20.5 Å². The topological polar surface area (TPSA) is 68.9 Å². The van der Waals surface area contributed by atoms with Gasteiger partial charge in [0.15, 0.2) is 17.5 Å². The maximum atomic E-state index is 5.96. The number of aliphatic imine (C=N–C) groups is 1. The first-order chi connectivity index (χ1) is 11.6. The van der Waals surface area contributed by atoms with E-state index in [2.05, 4.69) is 10.3 Å². The van der Waals surface area contributed by atoms with Crippen molar-refractivity contribution in [1.29, 1.82) is 0 Å². The average Bonchev–Trinajstić information content (AvgIpc) is 2.59. The molecule has 0 spiro atoms. The highest BCUT2D eigenvalue weighted by atomic mass is 35.5. The first-order valence-corrected chi connectivity index (χ1v) is 7.99. The van der Waals surface area contributed by atoms with Crippen molar-refractivity contribution >= 4 is 17.6 Å². The van der Waals surface area contributed by atoms with Gasteiger partial charge in [0.2, 0.25) is 0 Å². The molecule has 0 aliphatic carbocycles. The summed E-state index contributed by atoms with van der Waals surface area (Å²) in [6.07, 6.45) is 0.827. The van der Waals surface area contributed by atoms with E-state index in [1.54, 1.807) is 14.2 Å². The van der Waals surface area contributed by atoms with Gasteiger partial charge in [-0.05, 0) is 41.8 Å². The van der Waals surface area contributed by atoms with Crippen LogP contribution in [-0.2, 0) is 13.0 Å². The van der Waals surface area contributed by atoms with Gasteiger partial charge >= 0.3 is 0 Å². The molecule has 6 heteroatoms. The second-order valence-corrected chi connectivity index (χ2v) is 5.63. The van der Waals surface area contributed by atoms with Gasteiger partial charge in [-0.25, -0.2) is 4.99 Å². The second kappa shape index (κ2) is 9.03. The standard InChI is InChI=1S/C18H22ClN3O2/c1-23-16-7-6-14(11-17(16)24-2)12-22-18(20)21-9-8-13-4-3-5-15(19)10-13/h3-7,10-11H,8-9,12H2,1-2H3,(H3,20,21,22). The first kappa shape index (κ1) is 17.9. The molecule has 3 N–H and O–H groups in total. The Kier molecular flexibility index (Phi) is 6.75. The van der Waals surface area contributed by atoms with Gasteiger partial charge in [0.1, 0.15) is 0 Å². The molecule has 0 radical (unpaired) electrons. The summed E-state index contributed by atoms with van der Waals surface area (Å²) in [5, 5.41) is 3.84. The normalized spacial score (nSPS) is 11.2. The Hall–Kier alpha value is -2.40. The summed E-state index contributed by atoms with van der Waals surface area (Å²) in [5.74, 6) is 1.78. The molecule has 24 heavy (non-hydrogen) atoms. The first-order valence-electron chi connectivity index (χ1n) is 7.61. The minimum Gasteiger partial charge on any atom is -0.493 e. The fourth-order valence-corrected chi connectivity index (χ4v) is 2.45. The SMILES string of the molecule is COc1ccc(CN=C(N)NCCc2cccc(Cl)c2)cc1OC. The monoisotopic (exact) mass is 347 g/mol. The van der Waals surface area contributed by atoms with E-state index < -0.39 is 0 Å². The summed E-state index contributed by atoms with van der Waals surface area (Å²) in [7, 11) is 3.22. The van der Waals surface area contributed by atoms with E-state index in [-0.39, 0.29) is 0 Å². The van der Waals surface area contributed by atoms with Gasteiger partial charge in [0, 0.05) is 11.6 Å². The van der Waals surface area contributed by atoms with Gasteiger partial charge in [-0.3, -0.25) is 0 Å². The lowest BCUT2D eigenvalue weighted by molar-refractivity contribution is 0.354. The van der Waals surface area contributed by atoms with E-state index in [0.29, 0.717) is 30.5 Å². The van der Waals surface area contributed by atoms with Gasteiger partial charge in [0.05, 0.1) is 20.8 Å². The van der Waals surface area contributed by atoms with E-state index >= 15 is 0 Å². The summed E-state index contributed by atoms with van der Waals surface area (Å²) in [5.41, 5.74) is 8.05. The number of guanidine groups is 1. The maximum Gasteiger partial charge on any atom is 0.188 e. The third-order valence-electron chi connectivity index (χ3n) is 3.49. The number of methoxy groups -OCH3 is 2. The predicted octanol–water partition coefficient (Wildman–Crippen LogP) is 3.00. The van der Waals surface area contributed by atoms with Crippen molar-refractivity contribution in [3.05, 3.63) is 58.6 Å². The lowest BCUT2D eigenvalue weighted by Crippen LogP contribution is -2.33. The fourth-order valence-electron chi connectivity index (χ4n) is 2.24. The van der Waals surface area contributed by atoms with Gasteiger partial charge in [-0.2, -0.15) is 0 Å². The number of hydrogen-bond donors (Lipinski definition) is 2. The van der Waals surface area contributed by atoms with Crippen LogP contribution in [0, 0.1) is 0 Å². The van der Waals surface area contributed by atoms with Crippen LogP contribution in [0.4, 0.5) is 0 Å². The van der Waals surface area contributed by atoms with Gasteiger partial charge in [0.25, 0.3) is 0 Å². The lowest BCUT2D eigenvalue weighted by atomic mass is 10.1. The molecule has 2 aromatic carbocycles. The number of rotatable bonds is 7. The Balaban J connectivity index is 1.85. The number of nitrogens with one attached hydrogen (secondary N) is 1. The lowest BCUT2D eigenvalue weighted by Gasteiger charge is -2.09. The van der Waals surface area contributed by atoms with E-state index in [1.165, 1.54) is 0 Å². The molecule has 2 aromatic rings. The highest BCUT2D eigenvalue weighted by molar-refractivity contribution is 6.30. The molecule has 0 unspecified atom stereocenters. The van der Waals surface area contributed by atoms with Crippen molar-refractivity contribution in [2.45, 2.75) is 13.0 Å². The summed E-state index contributed by atoms with van der Waals surface area (Å²) < 4.78 is 10.5. The van der Waals surface area contributed by atoms with Crippen molar-refractivity contribution < 1.29 is 9.47 Å². The molecule has 0 fully saturated rings. The molecule has 0 aromatic heterocycles. The number of benzene rings is 2. The second-order valence-electron chi connectivity index (χ2n) is 5.20. The Morgan fingerprint density at radius 1 is 1.08 bits per heavy atom. The maximum absolute atomic E-state index is 5.96. The van der Waals surface area contributed by atoms with Crippen LogP contribution in [0.2, 0.25) is 5.02 Å². The minimum absolute atomic E-state index is 0.409. The zero-order valence-electron chi connectivity index (χ0n) is 13.9. The van der Waals surface area contributed by atoms with E-state index in [4.69, 9.17) is 26.8 Å². The predicted molar refractivity (Wildman–Crippen MR) is 98.0 cm³/mol. The van der Waals surface area contributed by atoms with Gasteiger partial charge in [-0.1, -0.05) is 29.8 Å². The molecule has 0 atom stereocenters. The Morgan fingerprint density at radius 3 is 2.58 bits per heavy atom. The van der Waals surface area contributed by atoms with E-state index in [0.717, 1.165) is 22.6 Å². The summed E-state index contributed by atoms with van der Waals surface area (Å²) in [6.45, 7) is 1.16. The molecule has 0 bridgehead atoms. The van der Waals surface area contributed by atoms with E-state index in [9.17, 15) is 0 Å². The van der Waals surface area contributed by atoms with Crippen LogP contribution in [-0.4, -0.2) is 26.7 Å². The molecule has 128 valence electrons. The highest BCUT2D eigenvalue weighted by Gasteiger charge is 2.04. The molecule has 0 saturated heterocycles. The van der Waals surface area contributed by atoms with Crippen LogP contribution in [0.5, 0.6) is 11.5 Å². The van der Waals surface area contributed by atoms with Crippen molar-refractivity contribution in [3.8, 4) is 11.5 Å². The molecule has 0 aliphatic heterocycles. The van der Waals surface area contributed by atoms with Crippen LogP contribution >= 0.6 is 11.6 Å². The minimum atomic E-state index is 0.409. The number of nitrogens with two attached hydrogens (primary N) is 1. The average molecular weight is 348 g/mol. The third kappa shape index (κ3) is 5.35. The Labute approximate surface area is 147 Å². The van der Waals surface area contributed by atoms with Crippen LogP contribution in [0.15, 0.2) is 47.5 Å². The van der Waals surface area contributed by atoms with Crippen LogP contribution in [0.3, 0.4) is 0 Å². The summed E-state index contributed by atoms with van der Waals surface area (Å²) in [4.78, 5) is 4.33. The van der Waals surface area contributed by atoms with Crippen molar-refractivity contribution in [1.82, 2.24) is 5.32 Å². The zero-order chi connectivity index (χ0) is 17.4. The van der Waals surface area contributed by atoms with Crippen molar-refractivity contribution in [2.75, 3.05) is 20.8 Å². The van der Waals surface area contributed by atoms with Gasteiger partial charge < -0.3 is 20.5 Å². The molecule has 0 heterocycles. The van der Waals surface area contributed by atoms with E-state index in [1.807, 2.05) is 42.5 Å². The van der Waals surface area contributed by atoms with Gasteiger partial charge in [-0.15, -0.1) is 0 Å². The third-order valence-corrected chi connectivity index (χ3v) is 3.72. The quantitative estimate of drug-likeness (QED) is 0.596. The fraction of sp³-hybridized carbons (Fsp3) is 0.278. The molecule has 0 amide bonds. The van der Waals surface area contributed by atoms with Crippen molar-refractivity contribution in [3.63, 3.8) is 0 Å². The highest BCUT2D eigenvalue weighted by Crippen LogP contribution is 2.27. The zero-order valence-corrected chi connectivity index (χ0v) is 14.6. The largest absolute Gasteiger partial charge is 0.493 e. The Morgan fingerprint density at radius 2 is 1.88 bits per heavy atom. The smallest absolute Gasteiger partial charge is 0.188 e. The van der Waals surface area contributed by atoms with Crippen LogP contribution in [0.25, 0.3) is 0 Å². The molecule has 5 nitrogen and oxygen atoms in total. The number of hydrogen-bond acceptors (Lipinski definition) is 3.